The van der Waals surface area contributed by atoms with Gasteiger partial charge in [-0.05, 0) is 56.0 Å². The predicted molar refractivity (Wildman–Crippen MR) is 88.0 cm³/mol. The minimum Gasteiger partial charge on any atom is -0.378 e. The van der Waals surface area contributed by atoms with E-state index in [1.165, 1.54) is 0 Å². The summed E-state index contributed by atoms with van der Waals surface area (Å²) >= 11 is 3.44. The van der Waals surface area contributed by atoms with Gasteiger partial charge in [-0.1, -0.05) is 29.8 Å². The monoisotopic (exact) mass is 357 g/mol. The molecule has 0 radical (unpaired) electrons. The van der Waals surface area contributed by atoms with E-state index < -0.39 is 0 Å². The van der Waals surface area contributed by atoms with Crippen LogP contribution in [0.15, 0.2) is 22.7 Å². The Morgan fingerprint density at radius 2 is 2.24 bits per heavy atom. The van der Waals surface area contributed by atoms with Gasteiger partial charge in [-0.25, -0.2) is 4.39 Å². The lowest BCUT2D eigenvalue weighted by Gasteiger charge is -2.28. The summed E-state index contributed by atoms with van der Waals surface area (Å²) in [5.41, 5.74) is 0.778. The van der Waals surface area contributed by atoms with Crippen LogP contribution in [0.5, 0.6) is 0 Å². The van der Waals surface area contributed by atoms with Gasteiger partial charge in [0.1, 0.15) is 5.82 Å². The average Bonchev–Trinajstić information content (AvgIpc) is 2.95. The molecule has 3 unspecified atom stereocenters. The molecule has 21 heavy (non-hydrogen) atoms. The highest BCUT2D eigenvalue weighted by molar-refractivity contribution is 9.10. The molecule has 1 aliphatic heterocycles. The van der Waals surface area contributed by atoms with E-state index in [2.05, 4.69) is 35.1 Å². The van der Waals surface area contributed by atoms with E-state index in [4.69, 9.17) is 4.74 Å². The number of benzene rings is 1. The van der Waals surface area contributed by atoms with Crippen LogP contribution in [0, 0.1) is 11.7 Å². The van der Waals surface area contributed by atoms with Crippen LogP contribution in [-0.2, 0) is 11.2 Å². The Balaban J connectivity index is 2.13. The van der Waals surface area contributed by atoms with E-state index >= 15 is 0 Å². The first kappa shape index (κ1) is 16.9. The Kier molecular flexibility index (Phi) is 6.65. The van der Waals surface area contributed by atoms with Crippen molar-refractivity contribution in [1.82, 2.24) is 5.32 Å². The third kappa shape index (κ3) is 4.51. The van der Waals surface area contributed by atoms with Gasteiger partial charge in [0.2, 0.25) is 0 Å². The van der Waals surface area contributed by atoms with Crippen LogP contribution in [0.2, 0.25) is 0 Å². The standard InChI is InChI=1S/C17H25BrFNO/c1-3-8-20-16(14-7-9-21-17(14)4-2)11-12-10-13(18)5-6-15(12)19/h5-6,10,14,16-17,20H,3-4,7-9,11H2,1-2H3. The number of halogens is 2. The van der Waals surface area contributed by atoms with Crippen molar-refractivity contribution in [3.05, 3.63) is 34.1 Å². The van der Waals surface area contributed by atoms with Gasteiger partial charge in [0.05, 0.1) is 6.10 Å². The second-order valence-electron chi connectivity index (χ2n) is 5.77. The second-order valence-corrected chi connectivity index (χ2v) is 6.69. The molecule has 0 amide bonds. The maximum absolute atomic E-state index is 14.0. The molecule has 4 heteroatoms. The molecule has 0 spiro atoms. The van der Waals surface area contributed by atoms with Gasteiger partial charge < -0.3 is 10.1 Å². The van der Waals surface area contributed by atoms with E-state index in [-0.39, 0.29) is 11.9 Å². The van der Waals surface area contributed by atoms with Gasteiger partial charge in [-0.3, -0.25) is 0 Å². The Morgan fingerprint density at radius 1 is 1.43 bits per heavy atom. The van der Waals surface area contributed by atoms with Crippen LogP contribution in [-0.4, -0.2) is 25.3 Å². The van der Waals surface area contributed by atoms with E-state index in [1.807, 2.05) is 6.07 Å². The van der Waals surface area contributed by atoms with Crippen LogP contribution in [0.25, 0.3) is 0 Å². The zero-order chi connectivity index (χ0) is 15.2. The van der Waals surface area contributed by atoms with Gasteiger partial charge in [0, 0.05) is 23.0 Å². The largest absolute Gasteiger partial charge is 0.378 e. The summed E-state index contributed by atoms with van der Waals surface area (Å²) in [4.78, 5) is 0. The van der Waals surface area contributed by atoms with E-state index in [0.717, 1.165) is 48.9 Å². The van der Waals surface area contributed by atoms with Crippen LogP contribution in [0.4, 0.5) is 4.39 Å². The third-order valence-electron chi connectivity index (χ3n) is 4.28. The molecule has 3 atom stereocenters. The molecule has 1 aromatic rings. The van der Waals surface area contributed by atoms with Crippen molar-refractivity contribution in [2.75, 3.05) is 13.2 Å². The first-order valence-electron chi connectivity index (χ1n) is 7.94. The lowest BCUT2D eigenvalue weighted by atomic mass is 9.87. The summed E-state index contributed by atoms with van der Waals surface area (Å²) in [5.74, 6) is 0.355. The molecule has 1 fully saturated rings. The van der Waals surface area contributed by atoms with Gasteiger partial charge in [-0.2, -0.15) is 0 Å². The summed E-state index contributed by atoms with van der Waals surface area (Å²) < 4.78 is 20.8. The fraction of sp³-hybridized carbons (Fsp3) is 0.647. The first-order chi connectivity index (χ1) is 10.2. The van der Waals surface area contributed by atoms with Crippen molar-refractivity contribution in [2.45, 2.75) is 51.7 Å². The highest BCUT2D eigenvalue weighted by Gasteiger charge is 2.33. The molecule has 0 aliphatic carbocycles. The van der Waals surface area contributed by atoms with Crippen molar-refractivity contribution in [1.29, 1.82) is 0 Å². The van der Waals surface area contributed by atoms with E-state index in [1.54, 1.807) is 12.1 Å². The maximum atomic E-state index is 14.0. The normalized spacial score (nSPS) is 23.4. The molecule has 0 aromatic heterocycles. The summed E-state index contributed by atoms with van der Waals surface area (Å²) in [7, 11) is 0. The highest BCUT2D eigenvalue weighted by atomic mass is 79.9. The maximum Gasteiger partial charge on any atom is 0.126 e. The quantitative estimate of drug-likeness (QED) is 0.784. The van der Waals surface area contributed by atoms with Crippen molar-refractivity contribution < 1.29 is 9.13 Å². The lowest BCUT2D eigenvalue weighted by molar-refractivity contribution is 0.0774. The topological polar surface area (TPSA) is 21.3 Å². The minimum atomic E-state index is -0.117. The van der Waals surface area contributed by atoms with Gasteiger partial charge in [0.25, 0.3) is 0 Å². The summed E-state index contributed by atoms with van der Waals surface area (Å²) in [6.45, 7) is 6.12. The second kappa shape index (κ2) is 8.25. The first-order valence-corrected chi connectivity index (χ1v) is 8.73. The molecule has 0 bridgehead atoms. The zero-order valence-corrected chi connectivity index (χ0v) is 14.5. The average molecular weight is 358 g/mol. The Bertz CT molecular complexity index is 454. The van der Waals surface area contributed by atoms with Crippen molar-refractivity contribution in [3.63, 3.8) is 0 Å². The fourth-order valence-electron chi connectivity index (χ4n) is 3.19. The highest BCUT2D eigenvalue weighted by Crippen LogP contribution is 2.29. The molecule has 2 nitrogen and oxygen atoms in total. The number of hydrogen-bond acceptors (Lipinski definition) is 2. The smallest absolute Gasteiger partial charge is 0.126 e. The fourth-order valence-corrected chi connectivity index (χ4v) is 3.60. The molecular weight excluding hydrogens is 333 g/mol. The van der Waals surface area contributed by atoms with E-state index in [0.29, 0.717) is 12.0 Å². The van der Waals surface area contributed by atoms with Crippen molar-refractivity contribution in [3.8, 4) is 0 Å². The number of nitrogens with one attached hydrogen (secondary N) is 1. The van der Waals surface area contributed by atoms with Crippen LogP contribution < -0.4 is 5.32 Å². The zero-order valence-electron chi connectivity index (χ0n) is 12.9. The Morgan fingerprint density at radius 3 is 2.95 bits per heavy atom. The van der Waals surface area contributed by atoms with Crippen molar-refractivity contribution >= 4 is 15.9 Å². The van der Waals surface area contributed by atoms with E-state index in [9.17, 15) is 4.39 Å². The SMILES string of the molecule is CCCNC(Cc1cc(Br)ccc1F)C1CCOC1CC. The number of ether oxygens (including phenoxy) is 1. The molecular formula is C17H25BrFNO. The third-order valence-corrected chi connectivity index (χ3v) is 4.78. The molecule has 1 aliphatic rings. The van der Waals surface area contributed by atoms with Gasteiger partial charge in [-0.15, -0.1) is 0 Å². The molecule has 1 heterocycles. The number of rotatable bonds is 7. The summed E-state index contributed by atoms with van der Waals surface area (Å²) in [6.07, 6.45) is 4.19. The molecule has 2 rings (SSSR count). The number of hydrogen-bond donors (Lipinski definition) is 1. The van der Waals surface area contributed by atoms with Crippen LogP contribution in [0.3, 0.4) is 0 Å². The molecule has 1 saturated heterocycles. The Hall–Kier alpha value is -0.450. The van der Waals surface area contributed by atoms with Crippen LogP contribution >= 0.6 is 15.9 Å². The van der Waals surface area contributed by atoms with Gasteiger partial charge >= 0.3 is 0 Å². The molecule has 0 saturated carbocycles. The van der Waals surface area contributed by atoms with Crippen molar-refractivity contribution in [2.24, 2.45) is 5.92 Å². The Labute approximate surface area is 135 Å². The molecule has 1 aromatic carbocycles. The van der Waals surface area contributed by atoms with Crippen LogP contribution in [0.1, 0.15) is 38.7 Å². The lowest BCUT2D eigenvalue weighted by Crippen LogP contribution is -2.42. The predicted octanol–water partition coefficient (Wildman–Crippen LogP) is 4.31. The summed E-state index contributed by atoms with van der Waals surface area (Å²) in [6, 6.07) is 5.47. The van der Waals surface area contributed by atoms with Gasteiger partial charge in [0.15, 0.2) is 0 Å². The molecule has 118 valence electrons. The summed E-state index contributed by atoms with van der Waals surface area (Å²) in [5, 5.41) is 3.61. The molecule has 1 N–H and O–H groups in total. The minimum absolute atomic E-state index is 0.117.